The van der Waals surface area contributed by atoms with Gasteiger partial charge in [-0.2, -0.15) is 0 Å². The summed E-state index contributed by atoms with van der Waals surface area (Å²) in [4.78, 5) is 24.8. The van der Waals surface area contributed by atoms with E-state index in [-0.39, 0.29) is 0 Å². The van der Waals surface area contributed by atoms with Crippen LogP contribution in [0.15, 0.2) is 0 Å². The number of hydrogen-bond acceptors (Lipinski definition) is 3. The molecule has 0 aromatic heterocycles. The highest BCUT2D eigenvalue weighted by Gasteiger charge is 2.22. The summed E-state index contributed by atoms with van der Waals surface area (Å²) in [7, 11) is 0. The van der Waals surface area contributed by atoms with Gasteiger partial charge in [-0.3, -0.25) is 9.59 Å². The molecule has 0 saturated carbocycles. The zero-order valence-electron chi connectivity index (χ0n) is 10.1. The third kappa shape index (κ3) is 4.18. The quantitative estimate of drug-likeness (QED) is 0.644. The molecule has 0 bridgehead atoms. The highest BCUT2D eigenvalue weighted by Crippen LogP contribution is 1.97. The first-order valence-corrected chi connectivity index (χ1v) is 5.89. The summed E-state index contributed by atoms with van der Waals surface area (Å²) in [6.07, 6.45) is 0.903. The molecule has 0 aliphatic carbocycles. The molecular formula is C11H21N3O2. The van der Waals surface area contributed by atoms with Gasteiger partial charge in [-0.1, -0.05) is 13.8 Å². The summed E-state index contributed by atoms with van der Waals surface area (Å²) in [5.41, 5.74) is 0. The fraction of sp³-hybridized carbons (Fsp3) is 0.818. The Morgan fingerprint density at radius 1 is 1.31 bits per heavy atom. The largest absolute Gasteiger partial charge is 0.348 e. The lowest BCUT2D eigenvalue weighted by Gasteiger charge is -2.26. The summed E-state index contributed by atoms with van der Waals surface area (Å²) in [5, 5.41) is 5.80. The van der Waals surface area contributed by atoms with Gasteiger partial charge in [-0.05, 0) is 12.3 Å². The summed E-state index contributed by atoms with van der Waals surface area (Å²) in [6, 6.07) is 0. The number of carbonyl (C=O) groups excluding carboxylic acids is 2. The van der Waals surface area contributed by atoms with Gasteiger partial charge >= 0.3 is 11.8 Å². The van der Waals surface area contributed by atoms with Crippen LogP contribution in [0.5, 0.6) is 0 Å². The van der Waals surface area contributed by atoms with Crippen LogP contribution in [-0.4, -0.2) is 49.4 Å². The first-order chi connectivity index (χ1) is 7.61. The molecule has 1 fully saturated rings. The van der Waals surface area contributed by atoms with Gasteiger partial charge in [0.25, 0.3) is 0 Å². The van der Waals surface area contributed by atoms with E-state index in [4.69, 9.17) is 0 Å². The lowest BCUT2D eigenvalue weighted by molar-refractivity contribution is -0.146. The monoisotopic (exact) mass is 227 g/mol. The van der Waals surface area contributed by atoms with E-state index in [2.05, 4.69) is 24.5 Å². The number of rotatable bonds is 3. The Morgan fingerprint density at radius 3 is 2.50 bits per heavy atom. The van der Waals surface area contributed by atoms with E-state index in [0.29, 0.717) is 25.6 Å². The number of piperazine rings is 1. The molecule has 2 N–H and O–H groups in total. The van der Waals surface area contributed by atoms with Gasteiger partial charge in [0.05, 0.1) is 0 Å². The molecule has 2 amide bonds. The summed E-state index contributed by atoms with van der Waals surface area (Å²) < 4.78 is 0. The van der Waals surface area contributed by atoms with E-state index < -0.39 is 11.8 Å². The van der Waals surface area contributed by atoms with Crippen LogP contribution >= 0.6 is 0 Å². The van der Waals surface area contributed by atoms with Gasteiger partial charge in [0.2, 0.25) is 0 Å². The van der Waals surface area contributed by atoms with Crippen LogP contribution in [0, 0.1) is 5.92 Å². The zero-order chi connectivity index (χ0) is 12.0. The number of amides is 2. The predicted molar refractivity (Wildman–Crippen MR) is 61.9 cm³/mol. The van der Waals surface area contributed by atoms with E-state index in [9.17, 15) is 9.59 Å². The van der Waals surface area contributed by atoms with Gasteiger partial charge in [0.1, 0.15) is 0 Å². The smallest absolute Gasteiger partial charge is 0.311 e. The molecule has 0 spiro atoms. The molecule has 1 heterocycles. The van der Waals surface area contributed by atoms with E-state index in [0.717, 1.165) is 19.5 Å². The molecule has 0 radical (unpaired) electrons. The maximum Gasteiger partial charge on any atom is 0.311 e. The summed E-state index contributed by atoms with van der Waals surface area (Å²) in [5.74, 6) is -0.331. The molecule has 1 rings (SSSR count). The highest BCUT2D eigenvalue weighted by molar-refractivity contribution is 6.35. The second-order valence-corrected chi connectivity index (χ2v) is 4.48. The predicted octanol–water partition coefficient (Wildman–Crippen LogP) is -0.419. The lowest BCUT2D eigenvalue weighted by atomic mass is 10.1. The van der Waals surface area contributed by atoms with Crippen molar-refractivity contribution in [3.63, 3.8) is 0 Å². The molecule has 92 valence electrons. The Balaban J connectivity index is 2.26. The maximum absolute atomic E-state index is 11.7. The van der Waals surface area contributed by atoms with Crippen LogP contribution in [0.4, 0.5) is 0 Å². The van der Waals surface area contributed by atoms with Crippen LogP contribution < -0.4 is 10.6 Å². The average molecular weight is 227 g/mol. The van der Waals surface area contributed by atoms with E-state index >= 15 is 0 Å². The normalized spacial score (nSPS) is 16.3. The van der Waals surface area contributed by atoms with Crippen molar-refractivity contribution in [3.8, 4) is 0 Å². The SMILES string of the molecule is CC(C)CCNC(=O)C(=O)N1CCNCC1. The van der Waals surface area contributed by atoms with Gasteiger partial charge in [0, 0.05) is 32.7 Å². The first-order valence-electron chi connectivity index (χ1n) is 5.89. The van der Waals surface area contributed by atoms with Crippen molar-refractivity contribution in [1.29, 1.82) is 0 Å². The molecule has 0 aromatic carbocycles. The third-order valence-corrected chi connectivity index (χ3v) is 2.61. The highest BCUT2D eigenvalue weighted by atomic mass is 16.2. The molecule has 1 aliphatic rings. The summed E-state index contributed by atoms with van der Waals surface area (Å²) in [6.45, 7) is 7.53. The first kappa shape index (κ1) is 13.0. The van der Waals surface area contributed by atoms with Gasteiger partial charge in [0.15, 0.2) is 0 Å². The fourth-order valence-corrected chi connectivity index (χ4v) is 1.56. The molecule has 16 heavy (non-hydrogen) atoms. The van der Waals surface area contributed by atoms with Crippen molar-refractivity contribution in [2.45, 2.75) is 20.3 Å². The molecule has 0 aromatic rings. The van der Waals surface area contributed by atoms with Crippen molar-refractivity contribution < 1.29 is 9.59 Å². The molecular weight excluding hydrogens is 206 g/mol. The molecule has 1 saturated heterocycles. The third-order valence-electron chi connectivity index (χ3n) is 2.61. The minimum atomic E-state index is -0.470. The number of carbonyl (C=O) groups is 2. The van der Waals surface area contributed by atoms with Crippen LogP contribution in [0.2, 0.25) is 0 Å². The second kappa shape index (κ2) is 6.48. The van der Waals surface area contributed by atoms with Crippen LogP contribution in [-0.2, 0) is 9.59 Å². The molecule has 0 atom stereocenters. The van der Waals surface area contributed by atoms with Crippen LogP contribution in [0.3, 0.4) is 0 Å². The Bertz CT molecular complexity index is 248. The van der Waals surface area contributed by atoms with Gasteiger partial charge in [-0.15, -0.1) is 0 Å². The molecule has 5 nitrogen and oxygen atoms in total. The van der Waals surface area contributed by atoms with E-state index in [1.54, 1.807) is 4.90 Å². The van der Waals surface area contributed by atoms with Crippen LogP contribution in [0.1, 0.15) is 20.3 Å². The average Bonchev–Trinajstić information content (AvgIpc) is 2.28. The minimum absolute atomic E-state index is 0.398. The van der Waals surface area contributed by atoms with Gasteiger partial charge < -0.3 is 15.5 Å². The van der Waals surface area contributed by atoms with Gasteiger partial charge in [-0.25, -0.2) is 0 Å². The van der Waals surface area contributed by atoms with Crippen LogP contribution in [0.25, 0.3) is 0 Å². The Morgan fingerprint density at radius 2 is 1.94 bits per heavy atom. The lowest BCUT2D eigenvalue weighted by Crippen LogP contribution is -2.51. The fourth-order valence-electron chi connectivity index (χ4n) is 1.56. The number of nitrogens with one attached hydrogen (secondary N) is 2. The molecule has 0 unspecified atom stereocenters. The second-order valence-electron chi connectivity index (χ2n) is 4.48. The van der Waals surface area contributed by atoms with Crippen molar-refractivity contribution >= 4 is 11.8 Å². The molecule has 1 aliphatic heterocycles. The minimum Gasteiger partial charge on any atom is -0.348 e. The Labute approximate surface area is 96.6 Å². The molecule has 5 heteroatoms. The van der Waals surface area contributed by atoms with E-state index in [1.165, 1.54) is 0 Å². The Hall–Kier alpha value is -1.10. The maximum atomic E-state index is 11.7. The van der Waals surface area contributed by atoms with Crippen molar-refractivity contribution in [2.24, 2.45) is 5.92 Å². The van der Waals surface area contributed by atoms with Crippen molar-refractivity contribution in [2.75, 3.05) is 32.7 Å². The topological polar surface area (TPSA) is 61.4 Å². The van der Waals surface area contributed by atoms with Crippen molar-refractivity contribution in [1.82, 2.24) is 15.5 Å². The number of nitrogens with zero attached hydrogens (tertiary/aromatic N) is 1. The van der Waals surface area contributed by atoms with Crippen molar-refractivity contribution in [3.05, 3.63) is 0 Å². The standard InChI is InChI=1S/C11H21N3O2/c1-9(2)3-4-13-10(15)11(16)14-7-5-12-6-8-14/h9,12H,3-8H2,1-2H3,(H,13,15). The number of hydrogen-bond donors (Lipinski definition) is 2. The zero-order valence-corrected chi connectivity index (χ0v) is 10.1. The Kier molecular flexibility index (Phi) is 5.25. The summed E-state index contributed by atoms with van der Waals surface area (Å²) >= 11 is 0. The van der Waals surface area contributed by atoms with E-state index in [1.807, 2.05) is 0 Å².